The summed E-state index contributed by atoms with van der Waals surface area (Å²) in [6, 6.07) is 12.6. The Labute approximate surface area is 295 Å². The number of nitrogens with zero attached hydrogens (tertiary/aromatic N) is 2. The van der Waals surface area contributed by atoms with Crippen LogP contribution in [0.5, 0.6) is 5.75 Å². The van der Waals surface area contributed by atoms with Crippen LogP contribution in [0.3, 0.4) is 0 Å². The second-order valence-corrected chi connectivity index (χ2v) is 15.1. The first kappa shape index (κ1) is 36.6. The van der Waals surface area contributed by atoms with Gasteiger partial charge in [0, 0.05) is 61.5 Å². The molecular weight excluding hydrogens is 646 g/mol. The fourth-order valence-corrected chi connectivity index (χ4v) is 8.45. The number of aliphatic hydroxyl groups excluding tert-OH is 1. The predicted octanol–water partition coefficient (Wildman–Crippen LogP) is 6.74. The minimum absolute atomic E-state index is 0.00829. The fraction of sp³-hybridized carbons (Fsp3) is 0.579. The molecule has 2 aromatic rings. The van der Waals surface area contributed by atoms with Gasteiger partial charge in [-0.2, -0.15) is 0 Å². The molecule has 3 aliphatic heterocycles. The molecule has 8 nitrogen and oxygen atoms in total. The number of likely N-dealkylation sites (N-methyl/N-ethyl adjacent to an activating group) is 1. The second kappa shape index (κ2) is 16.8. The molecule has 2 bridgehead atoms. The third-order valence-corrected chi connectivity index (χ3v) is 11.8. The predicted molar refractivity (Wildman–Crippen MR) is 194 cm³/mol. The Morgan fingerprint density at radius 1 is 1.08 bits per heavy atom. The van der Waals surface area contributed by atoms with Gasteiger partial charge in [0.05, 0.1) is 18.9 Å². The normalized spacial score (nSPS) is 30.0. The Bertz CT molecular complexity index is 1460. The number of halogens is 1. The first-order valence-corrected chi connectivity index (χ1v) is 18.7. The lowest BCUT2D eigenvalue weighted by Gasteiger charge is -2.47. The number of carbonyl (C=O) groups excluding carboxylic acids is 2. The van der Waals surface area contributed by atoms with Gasteiger partial charge in [0.25, 0.3) is 5.91 Å². The Hall–Kier alpha value is -2.72. The molecule has 1 aliphatic carbocycles. The average molecular weight is 698 g/mol. The number of morpholine rings is 1. The van der Waals surface area contributed by atoms with Gasteiger partial charge in [-0.1, -0.05) is 57.0 Å². The molecule has 0 radical (unpaired) electrons. The first-order valence-electron chi connectivity index (χ1n) is 17.5. The average Bonchev–Trinajstić information content (AvgIpc) is 3.25. The van der Waals surface area contributed by atoms with Crippen LogP contribution in [0.1, 0.15) is 63.5 Å². The number of aliphatic hydroxyl groups is 1. The standard InChI is InChI=1S/C37H48ClN3O4S.CH4O/c1-5-7-25-18-28(38)11-14-30(25)27-21-41-20-26-10-13-31(26)32(35-37(43)40(4)16-17-44-35)9-6-8-23(2)24(3)36(42)39-46-29-12-15-34(45-22-27)33(41)19-29;1-2/h6,9,11-12,14-15,18-19,23-24,26-27,31-32,35H,5,7-8,10,13,16-17,20-22H2,1-4H3,(H,39,42);2H,1H3/b9-6+;. The van der Waals surface area contributed by atoms with Gasteiger partial charge < -0.3 is 24.4 Å². The summed E-state index contributed by atoms with van der Waals surface area (Å²) in [6.07, 6.45) is 8.94. The minimum atomic E-state index is -0.473. The number of benzene rings is 2. The van der Waals surface area contributed by atoms with Gasteiger partial charge in [0.15, 0.2) is 0 Å². The SMILES string of the molecule is CCCc1cc(Cl)ccc1C1COc2ccc3cc2N(C1)CC1CCC1C(C1OCCN(C)C1=O)/C=C/CC(C)C(C)C(=O)NS3.CO. The molecule has 1 saturated heterocycles. The van der Waals surface area contributed by atoms with E-state index in [2.05, 4.69) is 59.9 Å². The van der Waals surface area contributed by atoms with Crippen molar-refractivity contribution in [2.75, 3.05) is 51.9 Å². The van der Waals surface area contributed by atoms with Crippen LogP contribution in [0, 0.1) is 29.6 Å². The van der Waals surface area contributed by atoms with Gasteiger partial charge in [-0.15, -0.1) is 0 Å². The van der Waals surface area contributed by atoms with Crippen LogP contribution in [0.4, 0.5) is 5.69 Å². The molecule has 4 aliphatic rings. The van der Waals surface area contributed by atoms with Crippen LogP contribution in [-0.4, -0.2) is 74.9 Å². The number of hydrogen-bond acceptors (Lipinski definition) is 7. The molecule has 262 valence electrons. The molecule has 6 rings (SSSR count). The zero-order chi connectivity index (χ0) is 34.4. The highest BCUT2D eigenvalue weighted by molar-refractivity contribution is 7.98. The van der Waals surface area contributed by atoms with Gasteiger partial charge >= 0.3 is 0 Å². The number of aryl methyl sites for hydroxylation is 1. The fourth-order valence-electron chi connectivity index (χ4n) is 7.54. The summed E-state index contributed by atoms with van der Waals surface area (Å²) in [4.78, 5) is 31.9. The van der Waals surface area contributed by atoms with Crippen molar-refractivity contribution in [2.45, 2.75) is 69.8 Å². The quantitative estimate of drug-likeness (QED) is 0.270. The van der Waals surface area contributed by atoms with Crippen LogP contribution in [0.25, 0.3) is 0 Å². The van der Waals surface area contributed by atoms with Gasteiger partial charge in [0.1, 0.15) is 11.9 Å². The molecule has 10 heteroatoms. The van der Waals surface area contributed by atoms with Crippen LogP contribution in [0.15, 0.2) is 53.4 Å². The summed E-state index contributed by atoms with van der Waals surface area (Å²) >= 11 is 7.84. The van der Waals surface area contributed by atoms with Gasteiger partial charge in [-0.3, -0.25) is 14.3 Å². The zero-order valence-electron chi connectivity index (χ0n) is 29.0. The number of fused-ring (bicyclic) bond motifs is 2. The lowest BCUT2D eigenvalue weighted by molar-refractivity contribution is -0.157. The van der Waals surface area contributed by atoms with E-state index >= 15 is 0 Å². The summed E-state index contributed by atoms with van der Waals surface area (Å²) < 4.78 is 15.9. The third-order valence-electron chi connectivity index (χ3n) is 10.7. The zero-order valence-corrected chi connectivity index (χ0v) is 30.6. The van der Waals surface area contributed by atoms with E-state index in [0.717, 1.165) is 73.7 Å². The highest BCUT2D eigenvalue weighted by atomic mass is 35.5. The summed E-state index contributed by atoms with van der Waals surface area (Å²) in [5.74, 6) is 1.86. The number of carbonyl (C=O) groups is 2. The molecule has 48 heavy (non-hydrogen) atoms. The maximum atomic E-state index is 13.4. The van der Waals surface area contributed by atoms with Crippen LogP contribution >= 0.6 is 23.5 Å². The van der Waals surface area contributed by atoms with Crippen molar-refractivity contribution in [2.24, 2.45) is 29.6 Å². The minimum Gasteiger partial charge on any atom is -0.491 e. The number of anilines is 1. The molecule has 3 heterocycles. The van der Waals surface area contributed by atoms with E-state index in [0.29, 0.717) is 31.6 Å². The van der Waals surface area contributed by atoms with E-state index in [1.54, 1.807) is 0 Å². The summed E-state index contributed by atoms with van der Waals surface area (Å²) in [7, 11) is 2.88. The molecule has 2 aromatic carbocycles. The molecular formula is C38H52ClN3O5S. The van der Waals surface area contributed by atoms with Crippen molar-refractivity contribution in [3.8, 4) is 5.75 Å². The van der Waals surface area contributed by atoms with Crippen molar-refractivity contribution < 1.29 is 24.2 Å². The Balaban J connectivity index is 0.00000221. The van der Waals surface area contributed by atoms with Crippen molar-refractivity contribution >= 4 is 41.1 Å². The van der Waals surface area contributed by atoms with Crippen LogP contribution < -0.4 is 14.4 Å². The number of allylic oxidation sites excluding steroid dienone is 1. The van der Waals surface area contributed by atoms with Crippen molar-refractivity contribution in [3.05, 3.63) is 64.7 Å². The first-order chi connectivity index (χ1) is 23.2. The number of ether oxygens (including phenoxy) is 2. The van der Waals surface area contributed by atoms with Gasteiger partial charge in [-0.25, -0.2) is 0 Å². The molecule has 7 atom stereocenters. The smallest absolute Gasteiger partial charge is 0.252 e. The maximum Gasteiger partial charge on any atom is 0.252 e. The van der Waals surface area contributed by atoms with E-state index in [1.165, 1.54) is 23.1 Å². The molecule has 2 amide bonds. The third kappa shape index (κ3) is 8.18. The molecule has 0 aromatic heterocycles. The van der Waals surface area contributed by atoms with Crippen molar-refractivity contribution in [1.29, 1.82) is 0 Å². The number of amides is 2. The Kier molecular flexibility index (Phi) is 12.8. The molecule has 0 spiro atoms. The maximum absolute atomic E-state index is 13.4. The molecule has 2 fully saturated rings. The van der Waals surface area contributed by atoms with Crippen molar-refractivity contribution in [1.82, 2.24) is 9.62 Å². The number of rotatable bonds is 4. The lowest BCUT2D eigenvalue weighted by Crippen LogP contribution is -2.53. The summed E-state index contributed by atoms with van der Waals surface area (Å²) in [6.45, 7) is 9.76. The van der Waals surface area contributed by atoms with Gasteiger partial charge in [-0.05, 0) is 96.8 Å². The van der Waals surface area contributed by atoms with E-state index in [-0.39, 0.29) is 35.5 Å². The van der Waals surface area contributed by atoms with E-state index in [9.17, 15) is 9.59 Å². The largest absolute Gasteiger partial charge is 0.491 e. The molecule has 2 N–H and O–H groups in total. The second-order valence-electron chi connectivity index (χ2n) is 13.8. The molecule has 1 saturated carbocycles. The lowest BCUT2D eigenvalue weighted by atomic mass is 9.64. The number of hydrogen-bond donors (Lipinski definition) is 2. The van der Waals surface area contributed by atoms with Gasteiger partial charge in [0.2, 0.25) is 5.91 Å². The summed E-state index contributed by atoms with van der Waals surface area (Å²) in [5.41, 5.74) is 3.64. The van der Waals surface area contributed by atoms with E-state index in [4.69, 9.17) is 26.2 Å². The van der Waals surface area contributed by atoms with E-state index < -0.39 is 6.10 Å². The van der Waals surface area contributed by atoms with Crippen LogP contribution in [0.2, 0.25) is 5.02 Å². The number of nitrogens with one attached hydrogen (secondary N) is 1. The highest BCUT2D eigenvalue weighted by Crippen LogP contribution is 2.46. The Morgan fingerprint density at radius 3 is 2.65 bits per heavy atom. The van der Waals surface area contributed by atoms with Crippen molar-refractivity contribution in [3.63, 3.8) is 0 Å². The van der Waals surface area contributed by atoms with Crippen LogP contribution in [-0.2, 0) is 20.7 Å². The Morgan fingerprint density at radius 2 is 1.90 bits per heavy atom. The topological polar surface area (TPSA) is 91.3 Å². The summed E-state index contributed by atoms with van der Waals surface area (Å²) in [5, 5.41) is 7.77. The molecule has 7 unspecified atom stereocenters. The monoisotopic (exact) mass is 697 g/mol. The van der Waals surface area contributed by atoms with E-state index in [1.807, 2.05) is 31.0 Å². The highest BCUT2D eigenvalue weighted by Gasteiger charge is 2.45.